The van der Waals surface area contributed by atoms with Crippen LogP contribution in [0.4, 0.5) is 24.5 Å². The van der Waals surface area contributed by atoms with Gasteiger partial charge >= 0.3 is 12.1 Å². The Bertz CT molecular complexity index is 722. The molecule has 0 heterocycles. The van der Waals surface area contributed by atoms with Crippen LogP contribution >= 0.6 is 27.5 Å². The first-order valence-corrected chi connectivity index (χ1v) is 7.59. The van der Waals surface area contributed by atoms with Crippen molar-refractivity contribution in [2.75, 3.05) is 10.6 Å². The second-order valence-corrected chi connectivity index (χ2v) is 5.90. The number of hydrogen-bond acceptors (Lipinski definition) is 2. The largest absolute Gasteiger partial charge is 0.471 e. The molecule has 0 aliphatic rings. The predicted octanol–water partition coefficient (Wildman–Crippen LogP) is 5.22. The van der Waals surface area contributed by atoms with Crippen LogP contribution < -0.4 is 10.6 Å². The van der Waals surface area contributed by atoms with E-state index in [0.29, 0.717) is 17.1 Å². The number of hydrogen-bond donors (Lipinski definition) is 2. The van der Waals surface area contributed by atoms with Gasteiger partial charge in [0.25, 0.3) is 0 Å². The SMILES string of the molecule is O=C(Nc1cccc(CNc2ccc(Br)c(Cl)c2)c1)C(F)(F)F. The average molecular weight is 408 g/mol. The van der Waals surface area contributed by atoms with Crippen molar-refractivity contribution in [3.05, 3.63) is 57.5 Å². The molecule has 0 aliphatic heterocycles. The highest BCUT2D eigenvalue weighted by Gasteiger charge is 2.38. The van der Waals surface area contributed by atoms with E-state index in [9.17, 15) is 18.0 Å². The molecule has 2 aromatic rings. The van der Waals surface area contributed by atoms with Crippen molar-refractivity contribution in [3.8, 4) is 0 Å². The number of carbonyl (C=O) groups excluding carboxylic acids is 1. The zero-order valence-electron chi connectivity index (χ0n) is 11.5. The number of amides is 1. The molecule has 0 radical (unpaired) electrons. The maximum atomic E-state index is 12.2. The first-order valence-electron chi connectivity index (χ1n) is 6.42. The van der Waals surface area contributed by atoms with Crippen LogP contribution in [0.2, 0.25) is 5.02 Å². The molecule has 0 atom stereocenters. The molecule has 3 nitrogen and oxygen atoms in total. The fourth-order valence-corrected chi connectivity index (χ4v) is 2.20. The van der Waals surface area contributed by atoms with Crippen LogP contribution in [0.5, 0.6) is 0 Å². The standard InChI is InChI=1S/C15H11BrClF3N2O/c16-12-5-4-10(7-13(12)17)21-8-9-2-1-3-11(6-9)22-14(23)15(18,19)20/h1-7,21H,8H2,(H,22,23). The molecule has 2 N–H and O–H groups in total. The smallest absolute Gasteiger partial charge is 0.381 e. The number of anilines is 2. The summed E-state index contributed by atoms with van der Waals surface area (Å²) in [7, 11) is 0. The normalized spacial score (nSPS) is 11.2. The van der Waals surface area contributed by atoms with Crippen LogP contribution in [-0.2, 0) is 11.3 Å². The molecule has 8 heteroatoms. The highest BCUT2D eigenvalue weighted by Crippen LogP contribution is 2.26. The lowest BCUT2D eigenvalue weighted by molar-refractivity contribution is -0.167. The number of nitrogens with one attached hydrogen (secondary N) is 2. The van der Waals surface area contributed by atoms with E-state index in [2.05, 4.69) is 21.2 Å². The number of carbonyl (C=O) groups is 1. The summed E-state index contributed by atoms with van der Waals surface area (Å²) in [4.78, 5) is 10.9. The van der Waals surface area contributed by atoms with E-state index in [1.54, 1.807) is 24.3 Å². The van der Waals surface area contributed by atoms with Crippen LogP contribution in [-0.4, -0.2) is 12.1 Å². The summed E-state index contributed by atoms with van der Waals surface area (Å²) in [5.41, 5.74) is 1.56. The summed E-state index contributed by atoms with van der Waals surface area (Å²) in [5, 5.41) is 5.46. The summed E-state index contributed by atoms with van der Waals surface area (Å²) in [5.74, 6) is -2.00. The molecule has 0 saturated carbocycles. The van der Waals surface area contributed by atoms with Gasteiger partial charge in [-0.05, 0) is 51.8 Å². The van der Waals surface area contributed by atoms with E-state index in [1.165, 1.54) is 12.1 Å². The number of alkyl halides is 3. The van der Waals surface area contributed by atoms with E-state index in [4.69, 9.17) is 11.6 Å². The zero-order valence-corrected chi connectivity index (χ0v) is 13.9. The summed E-state index contributed by atoms with van der Waals surface area (Å²) >= 11 is 9.26. The van der Waals surface area contributed by atoms with Gasteiger partial charge in [-0.15, -0.1) is 0 Å². The minimum atomic E-state index is -4.91. The van der Waals surface area contributed by atoms with Crippen LogP contribution in [0.25, 0.3) is 0 Å². The topological polar surface area (TPSA) is 41.1 Å². The fraction of sp³-hybridized carbons (Fsp3) is 0.133. The molecule has 0 saturated heterocycles. The third-order valence-corrected chi connectivity index (χ3v) is 4.09. The first kappa shape index (κ1) is 17.6. The van der Waals surface area contributed by atoms with Crippen LogP contribution in [0.3, 0.4) is 0 Å². The van der Waals surface area contributed by atoms with Crippen molar-refractivity contribution in [2.45, 2.75) is 12.7 Å². The van der Waals surface area contributed by atoms with E-state index in [0.717, 1.165) is 10.2 Å². The van der Waals surface area contributed by atoms with Gasteiger partial charge in [0.15, 0.2) is 0 Å². The minimum absolute atomic E-state index is 0.0838. The molecule has 0 aliphatic carbocycles. The molecular formula is C15H11BrClF3N2O. The summed E-state index contributed by atoms with van der Waals surface area (Å²) < 4.78 is 37.5. The Kier molecular flexibility index (Phi) is 5.54. The lowest BCUT2D eigenvalue weighted by Crippen LogP contribution is -2.29. The molecule has 23 heavy (non-hydrogen) atoms. The van der Waals surface area contributed by atoms with Gasteiger partial charge in [-0.2, -0.15) is 13.2 Å². The molecule has 0 aromatic heterocycles. The number of benzene rings is 2. The van der Waals surface area contributed by atoms with Gasteiger partial charge in [-0.25, -0.2) is 0 Å². The zero-order chi connectivity index (χ0) is 17.0. The fourth-order valence-electron chi connectivity index (χ4n) is 1.77. The lowest BCUT2D eigenvalue weighted by atomic mass is 10.2. The third kappa shape index (κ3) is 5.14. The van der Waals surface area contributed by atoms with E-state index in [-0.39, 0.29) is 5.69 Å². The van der Waals surface area contributed by atoms with Crippen molar-refractivity contribution in [1.82, 2.24) is 0 Å². The third-order valence-electron chi connectivity index (χ3n) is 2.86. The average Bonchev–Trinajstić information content (AvgIpc) is 2.48. The Balaban J connectivity index is 2.02. The van der Waals surface area contributed by atoms with E-state index < -0.39 is 12.1 Å². The van der Waals surface area contributed by atoms with Gasteiger partial charge in [0, 0.05) is 22.4 Å². The van der Waals surface area contributed by atoms with Crippen LogP contribution in [0, 0.1) is 0 Å². The molecule has 1 amide bonds. The monoisotopic (exact) mass is 406 g/mol. The van der Waals surface area contributed by atoms with Gasteiger partial charge in [0.1, 0.15) is 0 Å². The highest BCUT2D eigenvalue weighted by atomic mass is 79.9. The van der Waals surface area contributed by atoms with Crippen molar-refractivity contribution in [2.24, 2.45) is 0 Å². The van der Waals surface area contributed by atoms with Gasteiger partial charge in [-0.3, -0.25) is 4.79 Å². The molecule has 0 bridgehead atoms. The van der Waals surface area contributed by atoms with Gasteiger partial charge in [0.2, 0.25) is 0 Å². The first-order chi connectivity index (χ1) is 10.8. The van der Waals surface area contributed by atoms with Gasteiger partial charge < -0.3 is 10.6 Å². The Morgan fingerprint density at radius 3 is 2.52 bits per heavy atom. The predicted molar refractivity (Wildman–Crippen MR) is 87.6 cm³/mol. The maximum absolute atomic E-state index is 12.2. The number of rotatable bonds is 4. The lowest BCUT2D eigenvalue weighted by Gasteiger charge is -2.11. The van der Waals surface area contributed by atoms with Crippen molar-refractivity contribution >= 4 is 44.8 Å². The van der Waals surface area contributed by atoms with Crippen molar-refractivity contribution in [1.29, 1.82) is 0 Å². The highest BCUT2D eigenvalue weighted by molar-refractivity contribution is 9.10. The molecule has 0 fully saturated rings. The Morgan fingerprint density at radius 2 is 1.87 bits per heavy atom. The van der Waals surface area contributed by atoms with Gasteiger partial charge in [0.05, 0.1) is 5.02 Å². The Morgan fingerprint density at radius 1 is 1.13 bits per heavy atom. The van der Waals surface area contributed by atoms with E-state index in [1.807, 2.05) is 11.4 Å². The van der Waals surface area contributed by atoms with Crippen molar-refractivity contribution in [3.63, 3.8) is 0 Å². The Hall–Kier alpha value is -1.73. The van der Waals surface area contributed by atoms with Crippen LogP contribution in [0.1, 0.15) is 5.56 Å². The van der Waals surface area contributed by atoms with E-state index >= 15 is 0 Å². The van der Waals surface area contributed by atoms with Crippen molar-refractivity contribution < 1.29 is 18.0 Å². The second-order valence-electron chi connectivity index (χ2n) is 4.63. The molecule has 122 valence electrons. The molecule has 2 aromatic carbocycles. The molecular weight excluding hydrogens is 397 g/mol. The second kappa shape index (κ2) is 7.23. The van der Waals surface area contributed by atoms with Gasteiger partial charge in [-0.1, -0.05) is 23.7 Å². The minimum Gasteiger partial charge on any atom is -0.381 e. The molecule has 2 rings (SSSR count). The molecule has 0 unspecified atom stereocenters. The quantitative estimate of drug-likeness (QED) is 0.730. The summed E-state index contributed by atoms with van der Waals surface area (Å²) in [6.07, 6.45) is -4.91. The maximum Gasteiger partial charge on any atom is 0.471 e. The Labute approximate surface area is 144 Å². The molecule has 0 spiro atoms. The van der Waals surface area contributed by atoms with Crippen LogP contribution in [0.15, 0.2) is 46.9 Å². The number of halogens is 5. The summed E-state index contributed by atoms with van der Waals surface area (Å²) in [6, 6.07) is 11.5. The summed E-state index contributed by atoms with van der Waals surface area (Å²) in [6.45, 7) is 0.369.